The molecule has 0 radical (unpaired) electrons. The van der Waals surface area contributed by atoms with Gasteiger partial charge in [0, 0.05) is 18.4 Å². The molecule has 0 spiro atoms. The summed E-state index contributed by atoms with van der Waals surface area (Å²) in [4.78, 5) is 24.5. The Balaban J connectivity index is 1.31. The summed E-state index contributed by atoms with van der Waals surface area (Å²) in [6, 6.07) is 5.20. The number of aromatic nitrogens is 7. The molecule has 0 saturated heterocycles. The average Bonchev–Trinajstić information content (AvgIpc) is 3.48. The molecule has 1 aromatic carbocycles. The van der Waals surface area contributed by atoms with Crippen molar-refractivity contribution in [1.82, 2.24) is 40.8 Å². The van der Waals surface area contributed by atoms with Crippen LogP contribution in [0.25, 0.3) is 23.0 Å². The largest absolute Gasteiger partial charge is 0.345 e. The normalized spacial score (nSPS) is 12.1. The Kier molecular flexibility index (Phi) is 5.05. The first-order chi connectivity index (χ1) is 14.1. The number of rotatable bonds is 7. The number of carbonyl (C=O) groups excluding carboxylic acids is 1. The third kappa shape index (κ3) is 4.31. The Labute approximate surface area is 162 Å². The number of H-pyrrole nitrogens is 1. The Morgan fingerprint density at radius 3 is 2.72 bits per heavy atom. The molecule has 148 valence electrons. The molecule has 29 heavy (non-hydrogen) atoms. The molecule has 3 heterocycles. The van der Waals surface area contributed by atoms with Crippen molar-refractivity contribution in [2.45, 2.75) is 25.8 Å². The first-order valence-corrected chi connectivity index (χ1v) is 8.65. The van der Waals surface area contributed by atoms with Crippen LogP contribution in [0, 0.1) is 5.82 Å². The highest BCUT2D eigenvalue weighted by Crippen LogP contribution is 2.19. The smallest absolute Gasteiger partial charge is 0.249 e. The van der Waals surface area contributed by atoms with E-state index in [1.807, 2.05) is 0 Å². The van der Waals surface area contributed by atoms with Gasteiger partial charge in [0.15, 0.2) is 5.82 Å². The fraction of sp³-hybridized carbons (Fsp3) is 0.235. The Morgan fingerprint density at radius 2 is 1.97 bits per heavy atom. The van der Waals surface area contributed by atoms with Gasteiger partial charge < -0.3 is 14.4 Å². The molecular weight excluding hydrogens is 383 g/mol. The number of carbonyl (C=O) groups is 1. The number of amides is 1. The van der Waals surface area contributed by atoms with Crippen LogP contribution in [0.2, 0.25) is 0 Å². The topological polar surface area (TPSA) is 149 Å². The van der Waals surface area contributed by atoms with Crippen molar-refractivity contribution in [2.75, 3.05) is 0 Å². The van der Waals surface area contributed by atoms with E-state index in [1.54, 1.807) is 19.1 Å². The van der Waals surface area contributed by atoms with Crippen LogP contribution in [0.5, 0.6) is 0 Å². The summed E-state index contributed by atoms with van der Waals surface area (Å²) < 4.78 is 23.3. The summed E-state index contributed by atoms with van der Waals surface area (Å²) in [6.45, 7) is 1.72. The lowest BCUT2D eigenvalue weighted by Gasteiger charge is -2.08. The zero-order chi connectivity index (χ0) is 20.2. The van der Waals surface area contributed by atoms with Crippen LogP contribution in [0.15, 0.2) is 39.6 Å². The Morgan fingerprint density at radius 1 is 1.17 bits per heavy atom. The lowest BCUT2D eigenvalue weighted by molar-refractivity contribution is -0.121. The number of aryl methyl sites for hydroxylation is 1. The zero-order valence-corrected chi connectivity index (χ0v) is 15.2. The van der Waals surface area contributed by atoms with E-state index in [-0.39, 0.29) is 36.3 Å². The number of benzene rings is 1. The molecule has 0 saturated carbocycles. The van der Waals surface area contributed by atoms with Crippen LogP contribution in [0.4, 0.5) is 4.39 Å². The van der Waals surface area contributed by atoms with Crippen LogP contribution >= 0.6 is 0 Å². The molecule has 4 rings (SSSR count). The lowest BCUT2D eigenvalue weighted by Crippen LogP contribution is -2.27. The Hall–Kier alpha value is -3.96. The van der Waals surface area contributed by atoms with Gasteiger partial charge in [-0.2, -0.15) is 15.1 Å². The fourth-order valence-corrected chi connectivity index (χ4v) is 2.49. The third-order valence-corrected chi connectivity index (χ3v) is 3.95. The highest BCUT2D eigenvalue weighted by molar-refractivity contribution is 5.76. The second-order valence-corrected chi connectivity index (χ2v) is 6.10. The van der Waals surface area contributed by atoms with E-state index in [0.717, 1.165) is 0 Å². The van der Waals surface area contributed by atoms with E-state index < -0.39 is 6.04 Å². The van der Waals surface area contributed by atoms with E-state index in [0.29, 0.717) is 23.1 Å². The molecule has 0 bridgehead atoms. The van der Waals surface area contributed by atoms with Crippen LogP contribution in [0.3, 0.4) is 0 Å². The maximum Gasteiger partial charge on any atom is 0.249 e. The number of aromatic amines is 1. The SMILES string of the molecule is CC(NC(=O)CCc1nc(-c2ncn[nH]2)no1)c1nc(-c2ccc(F)cc2)no1. The Bertz CT molecular complexity index is 1090. The summed E-state index contributed by atoms with van der Waals surface area (Å²) >= 11 is 0. The molecule has 1 amide bonds. The van der Waals surface area contributed by atoms with Gasteiger partial charge in [-0.3, -0.25) is 9.89 Å². The van der Waals surface area contributed by atoms with Gasteiger partial charge in [-0.1, -0.05) is 10.3 Å². The molecule has 1 atom stereocenters. The van der Waals surface area contributed by atoms with Gasteiger partial charge in [-0.15, -0.1) is 0 Å². The quantitative estimate of drug-likeness (QED) is 0.475. The predicted octanol–water partition coefficient (Wildman–Crippen LogP) is 1.85. The molecule has 2 N–H and O–H groups in total. The second kappa shape index (κ2) is 7.96. The molecule has 4 aromatic rings. The highest BCUT2D eigenvalue weighted by Gasteiger charge is 2.18. The van der Waals surface area contributed by atoms with Gasteiger partial charge >= 0.3 is 0 Å². The van der Waals surface area contributed by atoms with Gasteiger partial charge in [-0.25, -0.2) is 9.37 Å². The van der Waals surface area contributed by atoms with E-state index in [2.05, 4.69) is 40.8 Å². The highest BCUT2D eigenvalue weighted by atomic mass is 19.1. The average molecular weight is 398 g/mol. The van der Waals surface area contributed by atoms with Crippen molar-refractivity contribution in [3.8, 4) is 23.0 Å². The summed E-state index contributed by atoms with van der Waals surface area (Å²) in [5, 5.41) is 16.7. The van der Waals surface area contributed by atoms with Gasteiger partial charge in [0.25, 0.3) is 0 Å². The maximum atomic E-state index is 13.0. The summed E-state index contributed by atoms with van der Waals surface area (Å²) in [5.41, 5.74) is 0.610. The predicted molar refractivity (Wildman–Crippen MR) is 94.2 cm³/mol. The summed E-state index contributed by atoms with van der Waals surface area (Å²) in [6.07, 6.45) is 1.71. The van der Waals surface area contributed by atoms with Crippen molar-refractivity contribution < 1.29 is 18.2 Å². The molecule has 0 aliphatic heterocycles. The zero-order valence-electron chi connectivity index (χ0n) is 15.2. The lowest BCUT2D eigenvalue weighted by atomic mass is 10.2. The van der Waals surface area contributed by atoms with Gasteiger partial charge in [0.05, 0.1) is 0 Å². The van der Waals surface area contributed by atoms with E-state index in [1.165, 1.54) is 18.5 Å². The van der Waals surface area contributed by atoms with E-state index >= 15 is 0 Å². The molecule has 12 heteroatoms. The molecule has 1 unspecified atom stereocenters. The number of nitrogens with zero attached hydrogens (tertiary/aromatic N) is 6. The number of hydrogen-bond donors (Lipinski definition) is 2. The standard InChI is InChI=1S/C17H15FN8O3/c1-9(17-23-14(25-29-17)10-2-4-11(18)5-3-10)21-12(27)6-7-13-22-16(26-28-13)15-19-8-20-24-15/h2-5,8-9H,6-7H2,1H3,(H,21,27)(H,19,20,24). The fourth-order valence-electron chi connectivity index (χ4n) is 2.49. The number of nitrogens with one attached hydrogen (secondary N) is 2. The first kappa shape index (κ1) is 18.4. The van der Waals surface area contributed by atoms with Crippen molar-refractivity contribution in [1.29, 1.82) is 0 Å². The molecule has 3 aromatic heterocycles. The van der Waals surface area contributed by atoms with Crippen molar-refractivity contribution in [3.63, 3.8) is 0 Å². The van der Waals surface area contributed by atoms with Crippen LogP contribution in [-0.4, -0.2) is 41.4 Å². The maximum absolute atomic E-state index is 13.0. The van der Waals surface area contributed by atoms with Crippen molar-refractivity contribution in [2.24, 2.45) is 0 Å². The minimum absolute atomic E-state index is 0.126. The van der Waals surface area contributed by atoms with Crippen LogP contribution < -0.4 is 5.32 Å². The minimum atomic E-state index is -0.503. The third-order valence-electron chi connectivity index (χ3n) is 3.95. The number of halogens is 1. The van der Waals surface area contributed by atoms with E-state index in [9.17, 15) is 9.18 Å². The summed E-state index contributed by atoms with van der Waals surface area (Å²) in [7, 11) is 0. The minimum Gasteiger partial charge on any atom is -0.345 e. The molecule has 11 nitrogen and oxygen atoms in total. The van der Waals surface area contributed by atoms with Crippen molar-refractivity contribution in [3.05, 3.63) is 48.2 Å². The second-order valence-electron chi connectivity index (χ2n) is 6.10. The van der Waals surface area contributed by atoms with Gasteiger partial charge in [-0.05, 0) is 31.2 Å². The van der Waals surface area contributed by atoms with Crippen LogP contribution in [-0.2, 0) is 11.2 Å². The van der Waals surface area contributed by atoms with Gasteiger partial charge in [0.1, 0.15) is 18.2 Å². The van der Waals surface area contributed by atoms with E-state index in [4.69, 9.17) is 9.05 Å². The van der Waals surface area contributed by atoms with Crippen molar-refractivity contribution >= 4 is 5.91 Å². The first-order valence-electron chi connectivity index (χ1n) is 8.65. The summed E-state index contributed by atoms with van der Waals surface area (Å²) in [5.74, 6) is 0.896. The monoisotopic (exact) mass is 398 g/mol. The van der Waals surface area contributed by atoms with Gasteiger partial charge in [0.2, 0.25) is 29.3 Å². The molecule has 0 aliphatic rings. The molecule has 0 aliphatic carbocycles. The van der Waals surface area contributed by atoms with Crippen LogP contribution in [0.1, 0.15) is 31.2 Å². The number of hydrogen-bond acceptors (Lipinski definition) is 9. The molecular formula is C17H15FN8O3. The molecule has 0 fully saturated rings.